The van der Waals surface area contributed by atoms with Crippen LogP contribution in [-0.4, -0.2) is 29.9 Å². The van der Waals surface area contributed by atoms with Crippen LogP contribution in [-0.2, 0) is 4.74 Å². The lowest BCUT2D eigenvalue weighted by molar-refractivity contribution is 0.0600. The molecule has 2 aromatic carbocycles. The molecule has 2 amide bonds. The second-order valence-corrected chi connectivity index (χ2v) is 5.81. The van der Waals surface area contributed by atoms with Crippen LogP contribution in [0.4, 0.5) is 11.4 Å². The van der Waals surface area contributed by atoms with Crippen LogP contribution in [0.15, 0.2) is 73.1 Å². The van der Waals surface area contributed by atoms with Gasteiger partial charge in [-0.05, 0) is 42.5 Å². The summed E-state index contributed by atoms with van der Waals surface area (Å²) in [6.45, 7) is 0. The van der Waals surface area contributed by atoms with E-state index in [2.05, 4.69) is 20.4 Å². The van der Waals surface area contributed by atoms with Gasteiger partial charge in [-0.25, -0.2) is 4.79 Å². The van der Waals surface area contributed by atoms with E-state index >= 15 is 0 Å². The molecule has 0 aliphatic heterocycles. The molecule has 0 atom stereocenters. The molecule has 7 heteroatoms. The molecule has 0 saturated carbocycles. The quantitative estimate of drug-likeness (QED) is 0.667. The van der Waals surface area contributed by atoms with Crippen molar-refractivity contribution >= 4 is 29.2 Å². The van der Waals surface area contributed by atoms with Crippen molar-refractivity contribution < 1.29 is 19.1 Å². The Morgan fingerprint density at radius 3 is 1.82 bits per heavy atom. The monoisotopic (exact) mass is 375 g/mol. The lowest BCUT2D eigenvalue weighted by atomic mass is 10.1. The Morgan fingerprint density at radius 2 is 1.29 bits per heavy atom. The number of hydrogen-bond donors (Lipinski definition) is 2. The first kappa shape index (κ1) is 18.8. The van der Waals surface area contributed by atoms with E-state index in [4.69, 9.17) is 0 Å². The van der Waals surface area contributed by atoms with E-state index in [9.17, 15) is 14.4 Å². The van der Waals surface area contributed by atoms with E-state index < -0.39 is 11.9 Å². The summed E-state index contributed by atoms with van der Waals surface area (Å²) in [5, 5.41) is 5.44. The molecule has 0 aliphatic carbocycles. The Morgan fingerprint density at radius 1 is 0.750 bits per heavy atom. The second-order valence-electron chi connectivity index (χ2n) is 5.81. The van der Waals surface area contributed by atoms with Gasteiger partial charge in [-0.15, -0.1) is 0 Å². The summed E-state index contributed by atoms with van der Waals surface area (Å²) in [5.74, 6) is -1.25. The van der Waals surface area contributed by atoms with Crippen molar-refractivity contribution in [3.8, 4) is 0 Å². The highest BCUT2D eigenvalue weighted by Crippen LogP contribution is 2.13. The number of pyridine rings is 1. The van der Waals surface area contributed by atoms with Crippen LogP contribution in [0.1, 0.15) is 31.1 Å². The van der Waals surface area contributed by atoms with E-state index in [0.29, 0.717) is 16.9 Å². The summed E-state index contributed by atoms with van der Waals surface area (Å²) < 4.78 is 4.63. The Labute approximate surface area is 161 Å². The molecular weight excluding hydrogens is 358 g/mol. The van der Waals surface area contributed by atoms with Gasteiger partial charge in [0, 0.05) is 23.8 Å². The fourth-order valence-electron chi connectivity index (χ4n) is 2.42. The maximum absolute atomic E-state index is 12.4. The zero-order valence-corrected chi connectivity index (χ0v) is 15.0. The summed E-state index contributed by atoms with van der Waals surface area (Å²) in [6, 6.07) is 16.7. The normalized spacial score (nSPS) is 10.0. The van der Waals surface area contributed by atoms with Crippen LogP contribution in [0.2, 0.25) is 0 Å². The predicted octanol–water partition coefficient (Wildman–Crippen LogP) is 3.37. The van der Waals surface area contributed by atoms with E-state index in [1.807, 2.05) is 18.2 Å². The minimum atomic E-state index is -0.459. The minimum Gasteiger partial charge on any atom is -0.465 e. The van der Waals surface area contributed by atoms with Crippen LogP contribution in [0.25, 0.3) is 0 Å². The van der Waals surface area contributed by atoms with Crippen LogP contribution in [0, 0.1) is 0 Å². The zero-order valence-electron chi connectivity index (χ0n) is 15.0. The summed E-state index contributed by atoms with van der Waals surface area (Å²) in [5.41, 5.74) is 2.02. The first-order valence-electron chi connectivity index (χ1n) is 8.38. The number of para-hydroxylation sites is 1. The van der Waals surface area contributed by atoms with E-state index in [1.54, 1.807) is 36.4 Å². The largest absolute Gasteiger partial charge is 0.465 e. The van der Waals surface area contributed by atoms with Crippen LogP contribution >= 0.6 is 0 Å². The number of carbonyl (C=O) groups excluding carboxylic acids is 3. The molecule has 0 bridgehead atoms. The standard InChI is InChI=1S/C21H17N3O4/c1-28-21(27)14-7-9-18(10-8-14)24-20(26)16-11-15(12-22-13-16)19(25)23-17-5-3-2-4-6-17/h2-13H,1H3,(H,23,25)(H,24,26). The first-order chi connectivity index (χ1) is 13.6. The van der Waals surface area contributed by atoms with Gasteiger partial charge in [-0.1, -0.05) is 18.2 Å². The molecule has 0 radical (unpaired) electrons. The third-order valence-corrected chi connectivity index (χ3v) is 3.86. The van der Waals surface area contributed by atoms with E-state index in [-0.39, 0.29) is 17.0 Å². The number of hydrogen-bond acceptors (Lipinski definition) is 5. The molecule has 0 saturated heterocycles. The molecule has 140 valence electrons. The van der Waals surface area contributed by atoms with Gasteiger partial charge in [0.05, 0.1) is 23.8 Å². The molecule has 0 fully saturated rings. The Bertz CT molecular complexity index is 1000. The molecule has 3 rings (SSSR count). The van der Waals surface area contributed by atoms with Gasteiger partial charge in [0.15, 0.2) is 0 Å². The molecule has 0 unspecified atom stereocenters. The second kappa shape index (κ2) is 8.59. The van der Waals surface area contributed by atoms with Gasteiger partial charge in [0.2, 0.25) is 0 Å². The maximum Gasteiger partial charge on any atom is 0.337 e. The molecule has 1 heterocycles. The van der Waals surface area contributed by atoms with Crippen molar-refractivity contribution in [2.75, 3.05) is 17.7 Å². The van der Waals surface area contributed by atoms with Crippen LogP contribution < -0.4 is 10.6 Å². The molecular formula is C21H17N3O4. The maximum atomic E-state index is 12.4. The Hall–Kier alpha value is -4.00. The van der Waals surface area contributed by atoms with Gasteiger partial charge in [0.1, 0.15) is 0 Å². The van der Waals surface area contributed by atoms with Crippen LogP contribution in [0.3, 0.4) is 0 Å². The van der Waals surface area contributed by atoms with Gasteiger partial charge in [-0.2, -0.15) is 0 Å². The van der Waals surface area contributed by atoms with Crippen molar-refractivity contribution in [2.45, 2.75) is 0 Å². The van der Waals surface area contributed by atoms with Crippen molar-refractivity contribution in [1.82, 2.24) is 4.98 Å². The van der Waals surface area contributed by atoms with Gasteiger partial charge in [-0.3, -0.25) is 14.6 Å². The average Bonchev–Trinajstić information content (AvgIpc) is 2.74. The highest BCUT2D eigenvalue weighted by Gasteiger charge is 2.12. The lowest BCUT2D eigenvalue weighted by Crippen LogP contribution is -2.16. The fourth-order valence-corrected chi connectivity index (χ4v) is 2.42. The van der Waals surface area contributed by atoms with Gasteiger partial charge >= 0.3 is 5.97 Å². The smallest absolute Gasteiger partial charge is 0.337 e. The molecule has 2 N–H and O–H groups in total. The Balaban J connectivity index is 1.70. The lowest BCUT2D eigenvalue weighted by Gasteiger charge is -2.08. The number of esters is 1. The number of nitrogens with zero attached hydrogens (tertiary/aromatic N) is 1. The van der Waals surface area contributed by atoms with Crippen LogP contribution in [0.5, 0.6) is 0 Å². The fraction of sp³-hybridized carbons (Fsp3) is 0.0476. The third-order valence-electron chi connectivity index (χ3n) is 3.86. The zero-order chi connectivity index (χ0) is 19.9. The van der Waals surface area contributed by atoms with Gasteiger partial charge in [0.25, 0.3) is 11.8 Å². The minimum absolute atomic E-state index is 0.234. The number of aromatic nitrogens is 1. The highest BCUT2D eigenvalue weighted by molar-refractivity contribution is 6.08. The van der Waals surface area contributed by atoms with Crippen molar-refractivity contribution in [2.24, 2.45) is 0 Å². The third kappa shape index (κ3) is 4.59. The Kier molecular flexibility index (Phi) is 5.76. The van der Waals surface area contributed by atoms with Crippen molar-refractivity contribution in [3.05, 3.63) is 89.7 Å². The summed E-state index contributed by atoms with van der Waals surface area (Å²) >= 11 is 0. The molecule has 0 spiro atoms. The number of benzene rings is 2. The van der Waals surface area contributed by atoms with Crippen molar-refractivity contribution in [3.63, 3.8) is 0 Å². The summed E-state index contributed by atoms with van der Waals surface area (Å²) in [6.07, 6.45) is 2.76. The summed E-state index contributed by atoms with van der Waals surface area (Å²) in [4.78, 5) is 40.2. The average molecular weight is 375 g/mol. The molecule has 3 aromatic rings. The number of nitrogens with one attached hydrogen (secondary N) is 2. The topological polar surface area (TPSA) is 97.4 Å². The van der Waals surface area contributed by atoms with E-state index in [1.165, 1.54) is 25.6 Å². The first-order valence-corrected chi connectivity index (χ1v) is 8.38. The predicted molar refractivity (Wildman–Crippen MR) is 104 cm³/mol. The molecule has 7 nitrogen and oxygen atoms in total. The number of amides is 2. The van der Waals surface area contributed by atoms with Gasteiger partial charge < -0.3 is 15.4 Å². The number of ether oxygens (including phenoxy) is 1. The molecule has 1 aromatic heterocycles. The number of anilines is 2. The highest BCUT2D eigenvalue weighted by atomic mass is 16.5. The number of methoxy groups -OCH3 is 1. The summed E-state index contributed by atoms with van der Waals surface area (Å²) in [7, 11) is 1.30. The SMILES string of the molecule is COC(=O)c1ccc(NC(=O)c2cncc(C(=O)Nc3ccccc3)c2)cc1. The number of rotatable bonds is 5. The number of carbonyl (C=O) groups is 3. The van der Waals surface area contributed by atoms with E-state index in [0.717, 1.165) is 0 Å². The molecule has 0 aliphatic rings. The van der Waals surface area contributed by atoms with Crippen molar-refractivity contribution in [1.29, 1.82) is 0 Å². The molecule has 28 heavy (non-hydrogen) atoms.